The molecule has 1 aromatic rings. The second-order valence-corrected chi connectivity index (χ2v) is 25.4. The normalized spacial score (nSPS) is 51.7. The zero-order valence-corrected chi connectivity index (χ0v) is 44.5. The fraction of sp³-hybridized carbons (Fsp3) is 0.833. The molecule has 0 radical (unpaired) electrons. The van der Waals surface area contributed by atoms with Crippen molar-refractivity contribution in [3.8, 4) is 0 Å². The Kier molecular flexibility index (Phi) is 15.0. The topological polar surface area (TPSA) is 246 Å². The molecule has 0 spiro atoms. The van der Waals surface area contributed by atoms with Gasteiger partial charge in [0.25, 0.3) is 0 Å². The minimum absolute atomic E-state index is 0.0442. The van der Waals surface area contributed by atoms with Gasteiger partial charge in [0.05, 0.1) is 30.3 Å². The number of anilines is 1. The van der Waals surface area contributed by atoms with E-state index >= 15 is 0 Å². The number of nitrogens with one attached hydrogen (secondary N) is 1. The SMILES string of the molecule is C[C@H]1[C@H](C)CC[C@]2(C(=O)Nc3ccc(Br)cc3)CC[C@]3(C)C(=CC[C@@H]4[C@@]5(C)CC[C@H](O[C@@H]6O[C@H](CO)[C@@H](O[C@@H]7O[C@@H](C)[C@H](O)[C@@H](O)[C@H]7O)[C@H](O)[C@H]6O[C@@H]6O[C@@H](C)[C@H](O)[C@@H](O)[C@H]6O)C(C)(C)[C@@H]5CC[C@]43C)[C@H]12. The zero-order valence-electron chi connectivity index (χ0n) is 42.9. The van der Waals surface area contributed by atoms with Gasteiger partial charge in [0.15, 0.2) is 18.9 Å². The van der Waals surface area contributed by atoms with Crippen molar-refractivity contribution in [1.29, 1.82) is 0 Å². The quantitative estimate of drug-likeness (QED) is 0.118. The van der Waals surface area contributed by atoms with Gasteiger partial charge in [-0.25, -0.2) is 0 Å². The molecule has 3 saturated heterocycles. The molecule has 400 valence electrons. The van der Waals surface area contributed by atoms with E-state index in [1.165, 1.54) is 19.4 Å². The van der Waals surface area contributed by atoms with E-state index in [1.807, 2.05) is 24.3 Å². The van der Waals surface area contributed by atoms with Gasteiger partial charge in [0.2, 0.25) is 5.91 Å². The summed E-state index contributed by atoms with van der Waals surface area (Å²) in [6, 6.07) is 7.87. The van der Waals surface area contributed by atoms with E-state index in [-0.39, 0.29) is 34.0 Å². The number of carbonyl (C=O) groups excluding carboxylic acids is 1. The van der Waals surface area contributed by atoms with Gasteiger partial charge in [-0.1, -0.05) is 76.0 Å². The number of amides is 1. The highest BCUT2D eigenvalue weighted by molar-refractivity contribution is 9.10. The minimum Gasteiger partial charge on any atom is -0.394 e. The molecule has 0 bridgehead atoms. The second kappa shape index (κ2) is 19.7. The van der Waals surface area contributed by atoms with Crippen LogP contribution in [0, 0.1) is 56.7 Å². The van der Waals surface area contributed by atoms with Gasteiger partial charge in [-0.15, -0.1) is 0 Å². The molecule has 25 atom stereocenters. The number of hydrogen-bond donors (Lipinski definition) is 9. The van der Waals surface area contributed by atoms with Crippen LogP contribution in [0.25, 0.3) is 0 Å². The first-order valence-corrected chi connectivity index (χ1v) is 27.2. The van der Waals surface area contributed by atoms with Crippen LogP contribution in [-0.4, -0.2) is 152 Å². The van der Waals surface area contributed by atoms with Gasteiger partial charge in [-0.3, -0.25) is 4.79 Å². The lowest BCUT2D eigenvalue weighted by atomic mass is 9.33. The summed E-state index contributed by atoms with van der Waals surface area (Å²) in [5, 5.41) is 90.5. The molecule has 1 amide bonds. The zero-order chi connectivity index (χ0) is 51.5. The molecule has 17 heteroatoms. The Hall–Kier alpha value is -1.65. The molecule has 16 nitrogen and oxygen atoms in total. The number of rotatable bonds is 9. The number of ether oxygens (including phenoxy) is 6. The van der Waals surface area contributed by atoms with Crippen LogP contribution in [-0.2, 0) is 33.2 Å². The number of aliphatic hydroxyl groups excluding tert-OH is 8. The van der Waals surface area contributed by atoms with E-state index in [0.29, 0.717) is 24.2 Å². The van der Waals surface area contributed by atoms with E-state index in [1.54, 1.807) is 0 Å². The highest BCUT2D eigenvalue weighted by Crippen LogP contribution is 2.76. The van der Waals surface area contributed by atoms with E-state index < -0.39 is 116 Å². The summed E-state index contributed by atoms with van der Waals surface area (Å²) in [6.07, 6.45) is -11.8. The highest BCUT2D eigenvalue weighted by atomic mass is 79.9. The minimum atomic E-state index is -1.74. The lowest BCUT2D eigenvalue weighted by Gasteiger charge is -2.71. The number of aliphatic hydroxyl groups is 8. The van der Waals surface area contributed by atoms with Gasteiger partial charge < -0.3 is 74.6 Å². The van der Waals surface area contributed by atoms with Crippen LogP contribution >= 0.6 is 15.9 Å². The fourth-order valence-electron chi connectivity index (χ4n) is 16.1. The Labute approximate surface area is 427 Å². The first-order valence-electron chi connectivity index (χ1n) is 26.4. The first kappa shape index (κ1) is 54.2. The van der Waals surface area contributed by atoms with Gasteiger partial charge in [-0.05, 0) is 147 Å². The molecule has 3 aliphatic heterocycles. The number of benzene rings is 1. The van der Waals surface area contributed by atoms with Crippen molar-refractivity contribution in [3.05, 3.63) is 40.4 Å². The number of carbonyl (C=O) groups is 1. The molecule has 7 fully saturated rings. The third-order valence-electron chi connectivity index (χ3n) is 20.8. The van der Waals surface area contributed by atoms with Gasteiger partial charge in [0, 0.05) is 10.2 Å². The molecular formula is C54H82BrNO15. The summed E-state index contributed by atoms with van der Waals surface area (Å²) in [4.78, 5) is 14.8. The average molecular weight is 1070 g/mol. The maximum absolute atomic E-state index is 14.8. The molecule has 1 aromatic carbocycles. The predicted molar refractivity (Wildman–Crippen MR) is 263 cm³/mol. The fourth-order valence-corrected chi connectivity index (χ4v) is 16.3. The molecule has 4 saturated carbocycles. The van der Waals surface area contributed by atoms with Crippen LogP contribution in [0.3, 0.4) is 0 Å². The van der Waals surface area contributed by atoms with Crippen LogP contribution in [0.15, 0.2) is 40.4 Å². The highest BCUT2D eigenvalue weighted by Gasteiger charge is 2.70. The largest absolute Gasteiger partial charge is 0.394 e. The molecule has 0 aromatic heterocycles. The number of hydrogen-bond acceptors (Lipinski definition) is 15. The summed E-state index contributed by atoms with van der Waals surface area (Å²) in [5.74, 6) is 1.66. The third kappa shape index (κ3) is 8.76. The summed E-state index contributed by atoms with van der Waals surface area (Å²) >= 11 is 3.54. The number of fused-ring (bicyclic) bond motifs is 7. The van der Waals surface area contributed by atoms with E-state index in [9.17, 15) is 45.6 Å². The summed E-state index contributed by atoms with van der Waals surface area (Å²) in [6.45, 7) is 19.1. The van der Waals surface area contributed by atoms with Crippen LogP contribution in [0.2, 0.25) is 0 Å². The lowest BCUT2D eigenvalue weighted by Crippen LogP contribution is -2.68. The molecular weight excluding hydrogens is 982 g/mol. The van der Waals surface area contributed by atoms with Crippen LogP contribution in [0.1, 0.15) is 120 Å². The van der Waals surface area contributed by atoms with Crippen molar-refractivity contribution < 1.29 is 74.1 Å². The lowest BCUT2D eigenvalue weighted by molar-refractivity contribution is -0.393. The van der Waals surface area contributed by atoms with Crippen molar-refractivity contribution in [2.24, 2.45) is 56.7 Å². The molecule has 71 heavy (non-hydrogen) atoms. The Bertz CT molecular complexity index is 2120. The van der Waals surface area contributed by atoms with Crippen molar-refractivity contribution in [2.75, 3.05) is 11.9 Å². The molecule has 5 aliphatic carbocycles. The summed E-state index contributed by atoms with van der Waals surface area (Å²) < 4.78 is 38.4. The van der Waals surface area contributed by atoms with Crippen molar-refractivity contribution in [3.63, 3.8) is 0 Å². The second-order valence-electron chi connectivity index (χ2n) is 24.5. The molecule has 8 aliphatic rings. The first-order chi connectivity index (χ1) is 33.3. The summed E-state index contributed by atoms with van der Waals surface area (Å²) in [7, 11) is 0. The third-order valence-corrected chi connectivity index (χ3v) is 21.3. The maximum atomic E-state index is 14.8. The van der Waals surface area contributed by atoms with Crippen LogP contribution in [0.4, 0.5) is 5.69 Å². The predicted octanol–water partition coefficient (Wildman–Crippen LogP) is 4.93. The average Bonchev–Trinajstić information content (AvgIpc) is 3.33. The van der Waals surface area contributed by atoms with Gasteiger partial charge in [-0.2, -0.15) is 0 Å². The molecule has 3 heterocycles. The Balaban J connectivity index is 0.982. The van der Waals surface area contributed by atoms with Crippen molar-refractivity contribution in [1.82, 2.24) is 0 Å². The van der Waals surface area contributed by atoms with Crippen LogP contribution < -0.4 is 5.32 Å². The monoisotopic (exact) mass is 1060 g/mol. The number of halogens is 1. The number of allylic oxidation sites excluding steroid dienone is 2. The van der Waals surface area contributed by atoms with Gasteiger partial charge in [0.1, 0.15) is 61.0 Å². The summed E-state index contributed by atoms with van der Waals surface area (Å²) in [5.41, 5.74) is 1.11. The Morgan fingerprint density at radius 1 is 0.676 bits per heavy atom. The van der Waals surface area contributed by atoms with E-state index in [4.69, 9.17) is 28.4 Å². The van der Waals surface area contributed by atoms with E-state index in [0.717, 1.165) is 61.5 Å². The molecule has 9 rings (SSSR count). The molecule has 9 N–H and O–H groups in total. The molecule has 0 unspecified atom stereocenters. The van der Waals surface area contributed by atoms with Crippen molar-refractivity contribution in [2.45, 2.75) is 218 Å². The standard InChI is InChI=1S/C54H82BrNO15/c1-25-16-21-54(49(65)56-30-12-10-29(55)11-13-30)23-22-52(8)31(36(54)26(25)2)14-15-34-51(7)19-18-35(50(5,6)33(51)17-20-53(34,52)9)69-48-45(71-47-42(63)40(61)38(59)28(4)67-47)43(64)44(32(24-57)68-48)70-46-41(62)39(60)37(58)27(3)66-46/h10-14,25-28,32-48,57-64H,15-24H2,1-9H3,(H,56,65)/t25-,26+,27+,28+,32-,33+,34-,35+,36+,37+,38+,39-,40-,41-,42-,43+,44-,45-,46+,47+,48+,51+,52-,53-,54+/m1/s1. The maximum Gasteiger partial charge on any atom is 0.231 e. The van der Waals surface area contributed by atoms with Crippen molar-refractivity contribution >= 4 is 27.5 Å². The van der Waals surface area contributed by atoms with Crippen LogP contribution in [0.5, 0.6) is 0 Å². The van der Waals surface area contributed by atoms with E-state index in [2.05, 4.69) is 75.8 Å². The smallest absolute Gasteiger partial charge is 0.231 e. The Morgan fingerprint density at radius 3 is 1.89 bits per heavy atom. The van der Waals surface area contributed by atoms with Gasteiger partial charge >= 0.3 is 0 Å². The Morgan fingerprint density at radius 2 is 1.28 bits per heavy atom.